The molecule has 5 nitrogen and oxygen atoms in total. The van der Waals surface area contributed by atoms with Gasteiger partial charge in [-0.3, -0.25) is 4.79 Å². The van der Waals surface area contributed by atoms with Crippen molar-refractivity contribution in [2.45, 2.75) is 32.1 Å². The van der Waals surface area contributed by atoms with Crippen molar-refractivity contribution < 1.29 is 9.59 Å². The van der Waals surface area contributed by atoms with E-state index in [-0.39, 0.29) is 11.8 Å². The third-order valence-electron chi connectivity index (χ3n) is 4.55. The lowest BCUT2D eigenvalue weighted by atomic mass is 9.98. The van der Waals surface area contributed by atoms with Gasteiger partial charge in [0.05, 0.1) is 18.3 Å². The molecule has 0 unspecified atom stereocenters. The summed E-state index contributed by atoms with van der Waals surface area (Å²) in [5.41, 5.74) is 2.10. The van der Waals surface area contributed by atoms with Crippen molar-refractivity contribution in [1.29, 1.82) is 0 Å². The first-order valence-electron chi connectivity index (χ1n) is 8.56. The van der Waals surface area contributed by atoms with Gasteiger partial charge in [-0.05, 0) is 43.4 Å². The highest BCUT2D eigenvalue weighted by molar-refractivity contribution is 5.91. The van der Waals surface area contributed by atoms with Crippen LogP contribution in [0.25, 0.3) is 0 Å². The molecule has 5 heteroatoms. The summed E-state index contributed by atoms with van der Waals surface area (Å²) in [5.74, 6) is 0.725. The predicted molar refractivity (Wildman–Crippen MR) is 94.9 cm³/mol. The largest absolute Gasteiger partial charge is 0.370 e. The lowest BCUT2D eigenvalue weighted by Crippen LogP contribution is -2.34. The quantitative estimate of drug-likeness (QED) is 0.845. The van der Waals surface area contributed by atoms with Crippen molar-refractivity contribution in [2.75, 3.05) is 23.3 Å². The molecule has 2 heterocycles. The summed E-state index contributed by atoms with van der Waals surface area (Å²) < 4.78 is 0. The van der Waals surface area contributed by atoms with Crippen molar-refractivity contribution in [3.8, 4) is 0 Å². The van der Waals surface area contributed by atoms with Crippen LogP contribution in [0.3, 0.4) is 0 Å². The summed E-state index contributed by atoms with van der Waals surface area (Å²) in [4.78, 5) is 29.5. The second-order valence-corrected chi connectivity index (χ2v) is 6.35. The van der Waals surface area contributed by atoms with E-state index in [1.54, 1.807) is 6.20 Å². The van der Waals surface area contributed by atoms with Gasteiger partial charge in [0, 0.05) is 19.0 Å². The Morgan fingerprint density at radius 2 is 2.12 bits per heavy atom. The number of allylic oxidation sites excluding steroid dienone is 3. The number of nitrogens with zero attached hydrogens (tertiary/aromatic N) is 2. The molecule has 0 spiro atoms. The summed E-state index contributed by atoms with van der Waals surface area (Å²) >= 11 is 0. The summed E-state index contributed by atoms with van der Waals surface area (Å²) in [5, 5.41) is 2.85. The predicted octanol–water partition coefficient (Wildman–Crippen LogP) is 3.10. The first-order chi connectivity index (χ1) is 11.7. The number of carbonyl (C=O) groups is 2. The average Bonchev–Trinajstić information content (AvgIpc) is 2.63. The zero-order valence-corrected chi connectivity index (χ0v) is 13.8. The first kappa shape index (κ1) is 16.4. The maximum absolute atomic E-state index is 12.1. The molecule has 2 aliphatic rings. The van der Waals surface area contributed by atoms with E-state index in [1.807, 2.05) is 18.2 Å². The molecule has 1 aromatic heterocycles. The molecule has 1 N–H and O–H groups in total. The lowest BCUT2D eigenvalue weighted by Gasteiger charge is -2.31. The van der Waals surface area contributed by atoms with Crippen LogP contribution in [0.15, 0.2) is 42.1 Å². The van der Waals surface area contributed by atoms with Crippen molar-refractivity contribution >= 4 is 23.7 Å². The van der Waals surface area contributed by atoms with Crippen molar-refractivity contribution in [1.82, 2.24) is 4.98 Å². The standard InChI is InChI=1S/C19H23N3O2/c23-14-16-8-10-22(11-9-16)17-6-7-18(20-13-17)21-19(24)12-15-4-2-1-3-5-15/h2,4-7,13-14,16H,1,3,8-12H2,(H,20,21,24). The molecule has 1 aromatic rings. The molecule has 1 saturated heterocycles. The number of carbonyl (C=O) groups excluding carboxylic acids is 2. The smallest absolute Gasteiger partial charge is 0.229 e. The number of hydrogen-bond acceptors (Lipinski definition) is 4. The Bertz CT molecular complexity index is 641. The third-order valence-corrected chi connectivity index (χ3v) is 4.55. The number of nitrogens with one attached hydrogen (secondary N) is 1. The monoisotopic (exact) mass is 325 g/mol. The number of amides is 1. The highest BCUT2D eigenvalue weighted by Gasteiger charge is 2.19. The minimum absolute atomic E-state index is 0.0418. The van der Waals surface area contributed by atoms with Gasteiger partial charge < -0.3 is 15.0 Å². The summed E-state index contributed by atoms with van der Waals surface area (Å²) in [6.45, 7) is 1.74. The molecule has 1 fully saturated rings. The topological polar surface area (TPSA) is 62.3 Å². The second-order valence-electron chi connectivity index (χ2n) is 6.35. The average molecular weight is 325 g/mol. The van der Waals surface area contributed by atoms with Crippen LogP contribution in [0.5, 0.6) is 0 Å². The Kier molecular flexibility index (Phi) is 5.41. The fourth-order valence-corrected chi connectivity index (χ4v) is 3.11. The van der Waals surface area contributed by atoms with Gasteiger partial charge in [0.25, 0.3) is 0 Å². The fourth-order valence-electron chi connectivity index (χ4n) is 3.11. The highest BCUT2D eigenvalue weighted by Crippen LogP contribution is 2.22. The SMILES string of the molecule is O=CC1CCN(c2ccc(NC(=O)CC3=CCCC=C3)nc2)CC1. The highest BCUT2D eigenvalue weighted by atomic mass is 16.1. The van der Waals surface area contributed by atoms with Gasteiger partial charge in [-0.25, -0.2) is 4.98 Å². The van der Waals surface area contributed by atoms with Crippen LogP contribution in [0.4, 0.5) is 11.5 Å². The minimum Gasteiger partial charge on any atom is -0.370 e. The van der Waals surface area contributed by atoms with Crippen LogP contribution in [-0.2, 0) is 9.59 Å². The second kappa shape index (κ2) is 7.90. The number of aromatic nitrogens is 1. The van der Waals surface area contributed by atoms with Gasteiger partial charge >= 0.3 is 0 Å². The van der Waals surface area contributed by atoms with E-state index >= 15 is 0 Å². The van der Waals surface area contributed by atoms with Crippen LogP contribution < -0.4 is 10.2 Å². The number of anilines is 2. The number of aldehydes is 1. The van der Waals surface area contributed by atoms with Gasteiger partial charge in [-0.2, -0.15) is 0 Å². The molecule has 1 amide bonds. The molecule has 24 heavy (non-hydrogen) atoms. The van der Waals surface area contributed by atoms with Gasteiger partial charge in [0.15, 0.2) is 0 Å². The van der Waals surface area contributed by atoms with Crippen LogP contribution in [0, 0.1) is 5.92 Å². The van der Waals surface area contributed by atoms with E-state index < -0.39 is 0 Å². The Balaban J connectivity index is 1.53. The van der Waals surface area contributed by atoms with Crippen molar-refractivity contribution in [3.63, 3.8) is 0 Å². The number of rotatable bonds is 5. The molecule has 0 bridgehead atoms. The first-order valence-corrected chi connectivity index (χ1v) is 8.56. The van der Waals surface area contributed by atoms with Crippen LogP contribution in [0.1, 0.15) is 32.1 Å². The Labute approximate surface area is 142 Å². The van der Waals surface area contributed by atoms with Crippen LogP contribution in [-0.4, -0.2) is 30.3 Å². The summed E-state index contributed by atoms with van der Waals surface area (Å²) in [6.07, 6.45) is 13.3. The van der Waals surface area contributed by atoms with Gasteiger partial charge in [0.1, 0.15) is 12.1 Å². The van der Waals surface area contributed by atoms with Crippen LogP contribution >= 0.6 is 0 Å². The molecule has 1 aliphatic heterocycles. The number of piperidine rings is 1. The Morgan fingerprint density at radius 3 is 2.75 bits per heavy atom. The Morgan fingerprint density at radius 1 is 1.29 bits per heavy atom. The van der Waals surface area contributed by atoms with Gasteiger partial charge in [-0.15, -0.1) is 0 Å². The summed E-state index contributed by atoms with van der Waals surface area (Å²) in [6, 6.07) is 3.81. The molecule has 0 saturated carbocycles. The molecule has 0 radical (unpaired) electrons. The number of pyridine rings is 1. The number of hydrogen-bond donors (Lipinski definition) is 1. The molecular weight excluding hydrogens is 302 g/mol. The molecule has 126 valence electrons. The van der Waals surface area contributed by atoms with E-state index in [1.165, 1.54) is 0 Å². The van der Waals surface area contributed by atoms with Gasteiger partial charge in [0.2, 0.25) is 5.91 Å². The molecule has 0 atom stereocenters. The van der Waals surface area contributed by atoms with E-state index in [0.29, 0.717) is 12.2 Å². The zero-order chi connectivity index (χ0) is 16.8. The van der Waals surface area contributed by atoms with Crippen molar-refractivity contribution in [2.24, 2.45) is 5.92 Å². The third kappa shape index (κ3) is 4.31. The molecule has 1 aliphatic carbocycles. The van der Waals surface area contributed by atoms with Crippen LogP contribution in [0.2, 0.25) is 0 Å². The maximum atomic E-state index is 12.1. The van der Waals surface area contributed by atoms with Crippen molar-refractivity contribution in [3.05, 3.63) is 42.1 Å². The van der Waals surface area contributed by atoms with E-state index in [9.17, 15) is 9.59 Å². The van der Waals surface area contributed by atoms with E-state index in [0.717, 1.165) is 56.3 Å². The van der Waals surface area contributed by atoms with E-state index in [2.05, 4.69) is 27.4 Å². The molecule has 3 rings (SSSR count). The van der Waals surface area contributed by atoms with E-state index in [4.69, 9.17) is 0 Å². The van der Waals surface area contributed by atoms with Gasteiger partial charge in [-0.1, -0.05) is 18.2 Å². The molecule has 0 aromatic carbocycles. The normalized spacial score (nSPS) is 18.2. The zero-order valence-electron chi connectivity index (χ0n) is 13.8. The summed E-state index contributed by atoms with van der Waals surface area (Å²) in [7, 11) is 0. The Hall–Kier alpha value is -2.43. The maximum Gasteiger partial charge on any atom is 0.229 e. The lowest BCUT2D eigenvalue weighted by molar-refractivity contribution is -0.115. The minimum atomic E-state index is -0.0418. The fraction of sp³-hybridized carbons (Fsp3) is 0.421. The molecular formula is C19H23N3O2.